The van der Waals surface area contributed by atoms with Gasteiger partial charge in [0.25, 0.3) is 5.91 Å². The highest BCUT2D eigenvalue weighted by atomic mass is 35.5. The fraction of sp³-hybridized carbons (Fsp3) is 0.150. The fourth-order valence-corrected chi connectivity index (χ4v) is 3.42. The summed E-state index contributed by atoms with van der Waals surface area (Å²) in [5, 5.41) is 8.42. The van der Waals surface area contributed by atoms with Gasteiger partial charge in [0.1, 0.15) is 5.75 Å². The lowest BCUT2D eigenvalue weighted by atomic mass is 10.0. The number of aromatic nitrogens is 2. The standard InChI is InChI=1S/C20H17Cl2N3O2/c1-13(18-5-3-4-6-19(18)27-2)25(17-10-15(21)9-16(22)11-17)20(26)14-7-8-23-24-12-14/h3-13H,1-2H3. The first kappa shape index (κ1) is 19.1. The Morgan fingerprint density at radius 3 is 2.41 bits per heavy atom. The van der Waals surface area contributed by atoms with Crippen LogP contribution in [0.15, 0.2) is 60.9 Å². The van der Waals surface area contributed by atoms with Gasteiger partial charge in [0, 0.05) is 21.3 Å². The van der Waals surface area contributed by atoms with E-state index in [-0.39, 0.29) is 11.9 Å². The van der Waals surface area contributed by atoms with Crippen LogP contribution < -0.4 is 9.64 Å². The summed E-state index contributed by atoms with van der Waals surface area (Å²) in [5.41, 5.74) is 1.84. The van der Waals surface area contributed by atoms with E-state index < -0.39 is 0 Å². The largest absolute Gasteiger partial charge is 0.496 e. The van der Waals surface area contributed by atoms with E-state index in [0.717, 1.165) is 5.56 Å². The molecule has 0 saturated carbocycles. The van der Waals surface area contributed by atoms with Crippen LogP contribution in [0.3, 0.4) is 0 Å². The number of benzene rings is 2. The highest BCUT2D eigenvalue weighted by Gasteiger charge is 2.27. The molecule has 0 bridgehead atoms. The van der Waals surface area contributed by atoms with Gasteiger partial charge in [0.15, 0.2) is 0 Å². The van der Waals surface area contributed by atoms with Gasteiger partial charge in [-0.3, -0.25) is 4.79 Å². The van der Waals surface area contributed by atoms with Crippen LogP contribution in [0, 0.1) is 0 Å². The maximum atomic E-state index is 13.3. The third kappa shape index (κ3) is 4.21. The highest BCUT2D eigenvalue weighted by Crippen LogP contribution is 2.36. The molecule has 2 aromatic carbocycles. The lowest BCUT2D eigenvalue weighted by Crippen LogP contribution is -2.34. The van der Waals surface area contributed by atoms with Crippen molar-refractivity contribution in [1.29, 1.82) is 0 Å². The molecule has 1 atom stereocenters. The van der Waals surface area contributed by atoms with Crippen molar-refractivity contribution in [3.63, 3.8) is 0 Å². The van der Waals surface area contributed by atoms with Crippen LogP contribution in [-0.4, -0.2) is 23.2 Å². The summed E-state index contributed by atoms with van der Waals surface area (Å²) in [7, 11) is 1.60. The van der Waals surface area contributed by atoms with Gasteiger partial charge in [-0.2, -0.15) is 10.2 Å². The molecule has 0 saturated heterocycles. The number of hydrogen-bond donors (Lipinski definition) is 0. The van der Waals surface area contributed by atoms with Gasteiger partial charge in [-0.1, -0.05) is 41.4 Å². The van der Waals surface area contributed by atoms with Crippen molar-refractivity contribution in [1.82, 2.24) is 10.2 Å². The van der Waals surface area contributed by atoms with Crippen LogP contribution in [0.25, 0.3) is 0 Å². The highest BCUT2D eigenvalue weighted by molar-refractivity contribution is 6.35. The summed E-state index contributed by atoms with van der Waals surface area (Å²) in [6.45, 7) is 1.92. The predicted molar refractivity (Wildman–Crippen MR) is 107 cm³/mol. The second-order valence-corrected chi connectivity index (χ2v) is 6.72. The molecule has 0 aliphatic rings. The number of carbonyl (C=O) groups is 1. The number of ether oxygens (including phenoxy) is 1. The molecule has 3 rings (SSSR count). The Labute approximate surface area is 167 Å². The number of carbonyl (C=O) groups excluding carboxylic acids is 1. The average Bonchev–Trinajstić information content (AvgIpc) is 2.68. The number of amides is 1. The molecule has 1 amide bonds. The lowest BCUT2D eigenvalue weighted by molar-refractivity contribution is 0.0977. The molecule has 0 fully saturated rings. The van der Waals surface area contributed by atoms with Gasteiger partial charge >= 0.3 is 0 Å². The molecule has 0 aliphatic heterocycles. The zero-order chi connectivity index (χ0) is 19.4. The van der Waals surface area contributed by atoms with E-state index in [2.05, 4.69) is 10.2 Å². The molecular weight excluding hydrogens is 385 g/mol. The van der Waals surface area contributed by atoms with Crippen molar-refractivity contribution in [2.45, 2.75) is 13.0 Å². The summed E-state index contributed by atoms with van der Waals surface area (Å²) in [5.74, 6) is 0.436. The van der Waals surface area contributed by atoms with Gasteiger partial charge in [-0.05, 0) is 37.3 Å². The van der Waals surface area contributed by atoms with Crippen molar-refractivity contribution in [3.8, 4) is 5.75 Å². The number of halogens is 2. The first-order valence-electron chi connectivity index (χ1n) is 8.20. The van der Waals surface area contributed by atoms with E-state index in [1.807, 2.05) is 31.2 Å². The number of para-hydroxylation sites is 1. The third-order valence-electron chi connectivity index (χ3n) is 4.15. The van der Waals surface area contributed by atoms with Crippen LogP contribution in [0.2, 0.25) is 10.0 Å². The molecule has 3 aromatic rings. The molecular formula is C20H17Cl2N3O2. The first-order chi connectivity index (χ1) is 13.0. The normalized spacial score (nSPS) is 11.7. The Bertz CT molecular complexity index is 931. The van der Waals surface area contributed by atoms with Gasteiger partial charge in [-0.25, -0.2) is 0 Å². The van der Waals surface area contributed by atoms with Crippen LogP contribution in [0.1, 0.15) is 28.9 Å². The van der Waals surface area contributed by atoms with E-state index in [1.165, 1.54) is 12.4 Å². The Balaban J connectivity index is 2.13. The molecule has 0 spiro atoms. The Morgan fingerprint density at radius 1 is 1.07 bits per heavy atom. The molecule has 1 heterocycles. The number of rotatable bonds is 5. The Morgan fingerprint density at radius 2 is 1.78 bits per heavy atom. The zero-order valence-electron chi connectivity index (χ0n) is 14.8. The molecule has 138 valence electrons. The molecule has 0 radical (unpaired) electrons. The van der Waals surface area contributed by atoms with Crippen LogP contribution in [0.4, 0.5) is 5.69 Å². The number of hydrogen-bond acceptors (Lipinski definition) is 4. The maximum Gasteiger partial charge on any atom is 0.260 e. The van der Waals surface area contributed by atoms with E-state index in [1.54, 1.807) is 36.3 Å². The van der Waals surface area contributed by atoms with Crippen molar-refractivity contribution in [2.75, 3.05) is 12.0 Å². The van der Waals surface area contributed by atoms with Crippen LogP contribution in [-0.2, 0) is 0 Å². The smallest absolute Gasteiger partial charge is 0.260 e. The van der Waals surface area contributed by atoms with E-state index in [9.17, 15) is 4.79 Å². The van der Waals surface area contributed by atoms with Crippen molar-refractivity contribution < 1.29 is 9.53 Å². The quantitative estimate of drug-likeness (QED) is 0.589. The molecule has 0 N–H and O–H groups in total. The SMILES string of the molecule is COc1ccccc1C(C)N(C(=O)c1ccnnc1)c1cc(Cl)cc(Cl)c1. The minimum atomic E-state index is -0.351. The van der Waals surface area contributed by atoms with E-state index in [0.29, 0.717) is 27.0 Å². The summed E-state index contributed by atoms with van der Waals surface area (Å²) in [4.78, 5) is 14.9. The second kappa shape index (κ2) is 8.37. The van der Waals surface area contributed by atoms with E-state index in [4.69, 9.17) is 27.9 Å². The van der Waals surface area contributed by atoms with Gasteiger partial charge in [-0.15, -0.1) is 0 Å². The first-order valence-corrected chi connectivity index (χ1v) is 8.96. The van der Waals surface area contributed by atoms with E-state index >= 15 is 0 Å². The minimum absolute atomic E-state index is 0.248. The lowest BCUT2D eigenvalue weighted by Gasteiger charge is -2.31. The number of methoxy groups -OCH3 is 1. The van der Waals surface area contributed by atoms with Crippen molar-refractivity contribution >= 4 is 34.8 Å². The molecule has 7 heteroatoms. The zero-order valence-corrected chi connectivity index (χ0v) is 16.3. The fourth-order valence-electron chi connectivity index (χ4n) is 2.90. The van der Waals surface area contributed by atoms with Crippen LogP contribution >= 0.6 is 23.2 Å². The summed E-state index contributed by atoms with van der Waals surface area (Å²) >= 11 is 12.4. The molecule has 1 aromatic heterocycles. The van der Waals surface area contributed by atoms with Crippen LogP contribution in [0.5, 0.6) is 5.75 Å². The van der Waals surface area contributed by atoms with Gasteiger partial charge in [0.05, 0.1) is 31.1 Å². The van der Waals surface area contributed by atoms with Crippen molar-refractivity contribution in [2.24, 2.45) is 0 Å². The molecule has 0 aliphatic carbocycles. The topological polar surface area (TPSA) is 55.3 Å². The summed E-state index contributed by atoms with van der Waals surface area (Å²) < 4.78 is 5.47. The second-order valence-electron chi connectivity index (χ2n) is 5.85. The van der Waals surface area contributed by atoms with Gasteiger partial charge < -0.3 is 9.64 Å². The third-order valence-corrected chi connectivity index (χ3v) is 4.59. The Kier molecular flexibility index (Phi) is 5.94. The van der Waals surface area contributed by atoms with Gasteiger partial charge in [0.2, 0.25) is 0 Å². The molecule has 1 unspecified atom stereocenters. The average molecular weight is 402 g/mol. The maximum absolute atomic E-state index is 13.3. The minimum Gasteiger partial charge on any atom is -0.496 e. The Hall–Kier alpha value is -2.63. The monoisotopic (exact) mass is 401 g/mol. The number of anilines is 1. The number of nitrogens with zero attached hydrogens (tertiary/aromatic N) is 3. The van der Waals surface area contributed by atoms with Crippen molar-refractivity contribution in [3.05, 3.63) is 82.1 Å². The predicted octanol–water partition coefficient (Wildman–Crippen LogP) is 5.20. The molecule has 27 heavy (non-hydrogen) atoms. The summed E-state index contributed by atoms with van der Waals surface area (Å²) in [6, 6.07) is 13.8. The molecule has 5 nitrogen and oxygen atoms in total. The summed E-state index contributed by atoms with van der Waals surface area (Å²) in [6.07, 6.45) is 2.90.